The molecule has 0 bridgehead atoms. The molecule has 0 fully saturated rings. The second kappa shape index (κ2) is 5.21. The molecule has 1 unspecified atom stereocenters. The Bertz CT molecular complexity index is 125. The van der Waals surface area contributed by atoms with Gasteiger partial charge in [-0.1, -0.05) is 13.0 Å². The van der Waals surface area contributed by atoms with Crippen molar-refractivity contribution in [3.63, 3.8) is 0 Å². The average molecular weight is 139 g/mol. The van der Waals surface area contributed by atoms with Crippen molar-refractivity contribution in [1.29, 1.82) is 0 Å². The maximum atomic E-state index is 4.31. The van der Waals surface area contributed by atoms with Gasteiger partial charge in [0.1, 0.15) is 0 Å². The molecule has 0 amide bonds. The summed E-state index contributed by atoms with van der Waals surface area (Å²) in [5.74, 6) is 0.567. The summed E-state index contributed by atoms with van der Waals surface area (Å²) in [6.45, 7) is 10.9. The van der Waals surface area contributed by atoms with Gasteiger partial charge in [-0.3, -0.25) is 4.99 Å². The Hall–Kier alpha value is -0.590. The Balaban J connectivity index is 3.79. The second-order valence-electron chi connectivity index (χ2n) is 2.54. The first-order chi connectivity index (χ1) is 4.72. The van der Waals surface area contributed by atoms with Crippen LogP contribution >= 0.6 is 0 Å². The first-order valence-electron chi connectivity index (χ1n) is 3.84. The van der Waals surface area contributed by atoms with Crippen LogP contribution in [0.2, 0.25) is 0 Å². The molecule has 1 nitrogen and oxygen atoms in total. The van der Waals surface area contributed by atoms with Gasteiger partial charge in [0.25, 0.3) is 0 Å². The Morgan fingerprint density at radius 3 is 2.70 bits per heavy atom. The Morgan fingerprint density at radius 1 is 1.70 bits per heavy atom. The highest BCUT2D eigenvalue weighted by atomic mass is 14.7. The van der Waals surface area contributed by atoms with Gasteiger partial charge in [0.2, 0.25) is 0 Å². The molecule has 0 N–H and O–H groups in total. The molecule has 10 heavy (non-hydrogen) atoms. The number of nitrogens with zero attached hydrogens (tertiary/aromatic N) is 1. The molecular weight excluding hydrogens is 122 g/mol. The maximum absolute atomic E-state index is 4.31. The van der Waals surface area contributed by atoms with E-state index in [0.29, 0.717) is 5.92 Å². The molecule has 0 aliphatic carbocycles. The molecule has 0 heterocycles. The standard InChI is InChI=1S/C9H17N/c1-5-7-8(3)9(4)10-6-2/h5,8H,1,6-7H2,2-4H3. The van der Waals surface area contributed by atoms with Crippen molar-refractivity contribution in [3.05, 3.63) is 12.7 Å². The lowest BCUT2D eigenvalue weighted by Crippen LogP contribution is -2.05. The number of rotatable bonds is 4. The highest BCUT2D eigenvalue weighted by Crippen LogP contribution is 2.04. The van der Waals surface area contributed by atoms with Crippen molar-refractivity contribution in [2.24, 2.45) is 10.9 Å². The lowest BCUT2D eigenvalue weighted by Gasteiger charge is -2.06. The Kier molecular flexibility index (Phi) is 4.91. The number of allylic oxidation sites excluding steroid dienone is 1. The lowest BCUT2D eigenvalue weighted by atomic mass is 10.0. The van der Waals surface area contributed by atoms with E-state index < -0.39 is 0 Å². The van der Waals surface area contributed by atoms with Gasteiger partial charge in [0.15, 0.2) is 0 Å². The molecule has 0 saturated heterocycles. The van der Waals surface area contributed by atoms with E-state index in [1.807, 2.05) is 6.08 Å². The van der Waals surface area contributed by atoms with Crippen molar-refractivity contribution < 1.29 is 0 Å². The minimum Gasteiger partial charge on any atom is -0.294 e. The number of aliphatic imine (C=N–C) groups is 1. The first-order valence-corrected chi connectivity index (χ1v) is 3.84. The number of hydrogen-bond acceptors (Lipinski definition) is 1. The average Bonchev–Trinajstić information content (AvgIpc) is 1.89. The van der Waals surface area contributed by atoms with E-state index >= 15 is 0 Å². The molecule has 0 aliphatic rings. The second-order valence-corrected chi connectivity index (χ2v) is 2.54. The van der Waals surface area contributed by atoms with Gasteiger partial charge >= 0.3 is 0 Å². The van der Waals surface area contributed by atoms with Crippen LogP contribution in [0.4, 0.5) is 0 Å². The van der Waals surface area contributed by atoms with Gasteiger partial charge in [0.05, 0.1) is 0 Å². The van der Waals surface area contributed by atoms with Crippen LogP contribution in [0.25, 0.3) is 0 Å². The Labute approximate surface area is 63.9 Å². The van der Waals surface area contributed by atoms with Gasteiger partial charge in [-0.25, -0.2) is 0 Å². The van der Waals surface area contributed by atoms with E-state index in [-0.39, 0.29) is 0 Å². The monoisotopic (exact) mass is 139 g/mol. The van der Waals surface area contributed by atoms with Crippen LogP contribution in [-0.2, 0) is 0 Å². The molecule has 0 rings (SSSR count). The molecule has 0 aromatic heterocycles. The minimum absolute atomic E-state index is 0.567. The summed E-state index contributed by atoms with van der Waals surface area (Å²) in [5.41, 5.74) is 1.24. The van der Waals surface area contributed by atoms with Crippen LogP contribution in [-0.4, -0.2) is 12.3 Å². The summed E-state index contributed by atoms with van der Waals surface area (Å²) in [6, 6.07) is 0. The van der Waals surface area contributed by atoms with Crippen LogP contribution < -0.4 is 0 Å². The summed E-state index contributed by atoms with van der Waals surface area (Å²) in [4.78, 5) is 4.31. The van der Waals surface area contributed by atoms with E-state index in [2.05, 4.69) is 32.3 Å². The van der Waals surface area contributed by atoms with Gasteiger partial charge in [-0.2, -0.15) is 0 Å². The summed E-state index contributed by atoms with van der Waals surface area (Å²) in [7, 11) is 0. The van der Waals surface area contributed by atoms with E-state index in [1.54, 1.807) is 0 Å². The molecule has 58 valence electrons. The molecule has 0 saturated carbocycles. The van der Waals surface area contributed by atoms with Crippen molar-refractivity contribution in [2.75, 3.05) is 6.54 Å². The van der Waals surface area contributed by atoms with Crippen LogP contribution in [0.5, 0.6) is 0 Å². The molecule has 0 aromatic carbocycles. The quantitative estimate of drug-likeness (QED) is 0.419. The fourth-order valence-electron chi connectivity index (χ4n) is 0.826. The SMILES string of the molecule is C=CCC(C)C(C)=NCC. The molecule has 1 heteroatoms. The molecule has 0 spiro atoms. The summed E-state index contributed by atoms with van der Waals surface area (Å²) < 4.78 is 0. The zero-order chi connectivity index (χ0) is 7.98. The highest BCUT2D eigenvalue weighted by molar-refractivity contribution is 5.84. The zero-order valence-electron chi connectivity index (χ0n) is 7.22. The number of hydrogen-bond donors (Lipinski definition) is 0. The third-order valence-corrected chi connectivity index (χ3v) is 1.64. The van der Waals surface area contributed by atoms with E-state index in [1.165, 1.54) is 5.71 Å². The zero-order valence-corrected chi connectivity index (χ0v) is 7.22. The molecule has 0 aromatic rings. The first kappa shape index (κ1) is 9.41. The van der Waals surface area contributed by atoms with E-state index in [9.17, 15) is 0 Å². The van der Waals surface area contributed by atoms with E-state index in [4.69, 9.17) is 0 Å². The molecule has 0 radical (unpaired) electrons. The predicted molar refractivity (Wildman–Crippen MR) is 47.6 cm³/mol. The summed E-state index contributed by atoms with van der Waals surface area (Å²) >= 11 is 0. The normalized spacial score (nSPS) is 14.9. The summed E-state index contributed by atoms with van der Waals surface area (Å²) in [6.07, 6.45) is 2.98. The third-order valence-electron chi connectivity index (χ3n) is 1.64. The molecular formula is C9H17N. The molecule has 0 aliphatic heterocycles. The van der Waals surface area contributed by atoms with Crippen molar-refractivity contribution in [3.8, 4) is 0 Å². The smallest absolute Gasteiger partial charge is 0.0360 e. The van der Waals surface area contributed by atoms with Crippen LogP contribution in [0.1, 0.15) is 27.2 Å². The maximum Gasteiger partial charge on any atom is 0.0360 e. The third kappa shape index (κ3) is 3.44. The lowest BCUT2D eigenvalue weighted by molar-refractivity contribution is 0.781. The predicted octanol–water partition coefficient (Wildman–Crippen LogP) is 2.68. The van der Waals surface area contributed by atoms with Gasteiger partial charge in [0, 0.05) is 12.3 Å². The van der Waals surface area contributed by atoms with Gasteiger partial charge in [-0.15, -0.1) is 6.58 Å². The van der Waals surface area contributed by atoms with Crippen LogP contribution in [0, 0.1) is 5.92 Å². The van der Waals surface area contributed by atoms with E-state index in [0.717, 1.165) is 13.0 Å². The van der Waals surface area contributed by atoms with Crippen molar-refractivity contribution >= 4 is 5.71 Å². The Morgan fingerprint density at radius 2 is 2.30 bits per heavy atom. The fraction of sp³-hybridized carbons (Fsp3) is 0.667. The minimum atomic E-state index is 0.567. The van der Waals surface area contributed by atoms with Crippen LogP contribution in [0.3, 0.4) is 0 Å². The topological polar surface area (TPSA) is 12.4 Å². The van der Waals surface area contributed by atoms with Crippen LogP contribution in [0.15, 0.2) is 17.6 Å². The van der Waals surface area contributed by atoms with Gasteiger partial charge in [-0.05, 0) is 26.2 Å². The highest BCUT2D eigenvalue weighted by Gasteiger charge is 2.00. The van der Waals surface area contributed by atoms with Crippen molar-refractivity contribution in [1.82, 2.24) is 0 Å². The molecule has 1 atom stereocenters. The van der Waals surface area contributed by atoms with Gasteiger partial charge < -0.3 is 0 Å². The largest absolute Gasteiger partial charge is 0.294 e. The fourth-order valence-corrected chi connectivity index (χ4v) is 0.826. The summed E-state index contributed by atoms with van der Waals surface area (Å²) in [5, 5.41) is 0. The van der Waals surface area contributed by atoms with Crippen molar-refractivity contribution in [2.45, 2.75) is 27.2 Å².